The summed E-state index contributed by atoms with van der Waals surface area (Å²) in [6.07, 6.45) is 3.12. The number of pyridine rings is 1. The third-order valence-corrected chi connectivity index (χ3v) is 6.36. The zero-order chi connectivity index (χ0) is 27.3. The monoisotopic (exact) mass is 677 g/mol. The van der Waals surface area contributed by atoms with Gasteiger partial charge in [-0.3, -0.25) is 9.78 Å². The van der Waals surface area contributed by atoms with Crippen molar-refractivity contribution < 1.29 is 37.2 Å². The van der Waals surface area contributed by atoms with Crippen molar-refractivity contribution in [1.82, 2.24) is 4.98 Å². The zero-order valence-electron chi connectivity index (χ0n) is 22.7. The van der Waals surface area contributed by atoms with E-state index in [1.165, 1.54) is 19.9 Å². The number of benzene rings is 4. The largest absolute Gasteiger partial charge is 0.512 e. The first kappa shape index (κ1) is 23.1. The minimum Gasteiger partial charge on any atom is -0.512 e. The van der Waals surface area contributed by atoms with Crippen LogP contribution in [0.15, 0.2) is 95.1 Å². The number of furan rings is 1. The smallest absolute Gasteiger partial charge is 0.155 e. The molecule has 0 aliphatic heterocycles. The molecule has 7 rings (SSSR count). The Labute approximate surface area is 236 Å². The number of hydrogen-bond donors (Lipinski definition) is 1. The van der Waals surface area contributed by atoms with Crippen LogP contribution in [-0.4, -0.2) is 15.9 Å². The summed E-state index contributed by atoms with van der Waals surface area (Å²) in [5.41, 5.74) is 5.62. The molecule has 4 nitrogen and oxygen atoms in total. The normalized spacial score (nSPS) is 14.5. The van der Waals surface area contributed by atoms with E-state index in [0.29, 0.717) is 11.1 Å². The van der Waals surface area contributed by atoms with E-state index in [1.807, 2.05) is 66.7 Å². The third kappa shape index (κ3) is 4.56. The summed E-state index contributed by atoms with van der Waals surface area (Å²) < 4.78 is 23.5. The number of para-hydroxylation sites is 1. The van der Waals surface area contributed by atoms with Gasteiger partial charge in [-0.25, -0.2) is 0 Å². The maximum Gasteiger partial charge on any atom is 0.155 e. The van der Waals surface area contributed by atoms with Crippen LogP contribution in [0.4, 0.5) is 0 Å². The number of ketones is 1. The number of allylic oxidation sites excluding steroid dienone is 3. The van der Waals surface area contributed by atoms with E-state index in [9.17, 15) is 4.79 Å². The molecule has 0 amide bonds. The van der Waals surface area contributed by atoms with Crippen LogP contribution >= 0.6 is 0 Å². The van der Waals surface area contributed by atoms with E-state index in [1.54, 1.807) is 6.08 Å². The molecule has 0 spiro atoms. The van der Waals surface area contributed by atoms with Gasteiger partial charge >= 0.3 is 0 Å². The number of hydrogen-bond acceptors (Lipinski definition) is 4. The quantitative estimate of drug-likeness (QED) is 0.114. The van der Waals surface area contributed by atoms with E-state index in [4.69, 9.17) is 17.2 Å². The summed E-state index contributed by atoms with van der Waals surface area (Å²) in [7, 11) is 0. The van der Waals surface area contributed by atoms with Gasteiger partial charge in [0.05, 0.1) is 16.9 Å². The van der Waals surface area contributed by atoms with E-state index < -0.39 is 6.37 Å². The average molecular weight is 677 g/mol. The van der Waals surface area contributed by atoms with Crippen molar-refractivity contribution in [3.63, 3.8) is 0 Å². The van der Waals surface area contributed by atoms with Gasteiger partial charge in [-0.1, -0.05) is 71.6 Å². The van der Waals surface area contributed by atoms with Crippen molar-refractivity contribution >= 4 is 55.5 Å². The molecule has 1 N–H and O–H groups in total. The van der Waals surface area contributed by atoms with Gasteiger partial charge in [-0.15, -0.1) is 18.2 Å². The first-order valence-electron chi connectivity index (χ1n) is 13.0. The molecule has 0 fully saturated rings. The Hall–Kier alpha value is -4.05. The molecule has 6 aromatic rings. The van der Waals surface area contributed by atoms with Crippen molar-refractivity contribution in [2.24, 2.45) is 0 Å². The molecule has 0 bridgehead atoms. The molecule has 189 valence electrons. The van der Waals surface area contributed by atoms with Crippen LogP contribution in [0, 0.1) is 6.07 Å². The van der Waals surface area contributed by atoms with Gasteiger partial charge in [0.2, 0.25) is 0 Å². The number of aliphatic hydroxyl groups excluding tert-OH is 1. The Kier molecular flexibility index (Phi) is 6.30. The molecule has 1 aliphatic carbocycles. The molecule has 5 heteroatoms. The maximum atomic E-state index is 10.0. The van der Waals surface area contributed by atoms with Crippen LogP contribution in [0.3, 0.4) is 0 Å². The summed E-state index contributed by atoms with van der Waals surface area (Å²) in [5.74, 6) is -0.0625. The van der Waals surface area contributed by atoms with E-state index in [0.717, 1.165) is 54.9 Å². The van der Waals surface area contributed by atoms with Gasteiger partial charge < -0.3 is 9.52 Å². The van der Waals surface area contributed by atoms with Crippen molar-refractivity contribution in [2.45, 2.75) is 20.2 Å². The van der Waals surface area contributed by atoms with Crippen LogP contribution in [0.5, 0.6) is 0 Å². The van der Waals surface area contributed by atoms with Crippen LogP contribution in [0.25, 0.3) is 60.9 Å². The average Bonchev–Trinajstić information content (AvgIpc) is 3.29. The number of carbonyl (C=O) groups is 1. The van der Waals surface area contributed by atoms with Crippen molar-refractivity contribution in [3.05, 3.63) is 108 Å². The van der Waals surface area contributed by atoms with Crippen LogP contribution in [0.1, 0.15) is 27.7 Å². The second kappa shape index (κ2) is 10.4. The topological polar surface area (TPSA) is 63.3 Å². The molecule has 0 unspecified atom stereocenters. The fourth-order valence-corrected chi connectivity index (χ4v) is 4.91. The Morgan fingerprint density at radius 3 is 2.68 bits per heavy atom. The number of carbonyl (C=O) groups excluding carboxylic acids is 1. The number of fused-ring (bicyclic) bond motifs is 5. The Morgan fingerprint density at radius 2 is 1.89 bits per heavy atom. The molecule has 4 aromatic carbocycles. The van der Waals surface area contributed by atoms with Crippen LogP contribution < -0.4 is 0 Å². The first-order chi connectivity index (χ1) is 18.7. The van der Waals surface area contributed by atoms with Crippen molar-refractivity contribution in [3.8, 4) is 11.3 Å². The number of aliphatic hydroxyl groups is 1. The van der Waals surface area contributed by atoms with E-state index in [2.05, 4.69) is 18.2 Å². The number of nitrogens with zero attached hydrogens (tertiary/aromatic N) is 1. The summed E-state index contributed by atoms with van der Waals surface area (Å²) in [5, 5.41) is 13.4. The fourth-order valence-electron chi connectivity index (χ4n) is 4.91. The van der Waals surface area contributed by atoms with E-state index >= 15 is 0 Å². The Bertz CT molecular complexity index is 2000. The SMILES string of the molecule is CC(=O)/C=C(/C)O.[2H]C1([2H])C=Cc2cccc3c2c1cc1oc2c(-c4ccc5ccccc5n4)[c-]ccc2c13.[Ir]. The Balaban J connectivity index is 0.000000362. The molecular weight excluding hydrogens is 651 g/mol. The summed E-state index contributed by atoms with van der Waals surface area (Å²) in [4.78, 5) is 14.9. The molecule has 0 atom stereocenters. The molecule has 38 heavy (non-hydrogen) atoms. The van der Waals surface area contributed by atoms with Gasteiger partial charge in [-0.05, 0) is 65.3 Å². The van der Waals surface area contributed by atoms with Gasteiger partial charge in [0.1, 0.15) is 5.58 Å². The minimum atomic E-state index is -1.55. The number of aromatic nitrogens is 1. The van der Waals surface area contributed by atoms with Gasteiger partial charge in [-0.2, -0.15) is 0 Å². The predicted octanol–water partition coefficient (Wildman–Crippen LogP) is 8.36. The van der Waals surface area contributed by atoms with Gasteiger partial charge in [0.15, 0.2) is 5.78 Å². The van der Waals surface area contributed by atoms with Crippen LogP contribution in [-0.2, 0) is 31.3 Å². The molecule has 0 saturated heterocycles. The third-order valence-electron chi connectivity index (χ3n) is 6.36. The molecule has 1 aliphatic rings. The summed E-state index contributed by atoms with van der Waals surface area (Å²) in [6, 6.07) is 27.3. The first-order valence-corrected chi connectivity index (χ1v) is 12.0. The second-order valence-corrected chi connectivity index (χ2v) is 9.03. The number of rotatable bonds is 2. The van der Waals surface area contributed by atoms with E-state index in [-0.39, 0.29) is 31.6 Å². The van der Waals surface area contributed by atoms with Crippen LogP contribution in [0.2, 0.25) is 0 Å². The second-order valence-electron chi connectivity index (χ2n) is 9.03. The minimum absolute atomic E-state index is 0. The van der Waals surface area contributed by atoms with Gasteiger partial charge in [0, 0.05) is 34.3 Å². The van der Waals surface area contributed by atoms with Crippen molar-refractivity contribution in [1.29, 1.82) is 0 Å². The van der Waals surface area contributed by atoms with Gasteiger partial charge in [0.25, 0.3) is 0 Å². The molecule has 2 aromatic heterocycles. The summed E-state index contributed by atoms with van der Waals surface area (Å²) in [6.45, 7) is 2.85. The standard InChI is InChI=1S/C28H16NO.C5H8O2.Ir/c1-2-13-23-17(6-1)14-15-24(29-23)20-10-5-12-22-27-21-11-4-8-18-7-3-9-19(26(18)21)16-25(27)30-28(20)22;1-4(6)3-5(2)7;/h1-8,11-16H,9H2;3,6H,1-2H3;/q-1;;/b;4-3-;/i9D2;;. The Morgan fingerprint density at radius 1 is 1.05 bits per heavy atom. The summed E-state index contributed by atoms with van der Waals surface area (Å²) >= 11 is 0. The zero-order valence-corrected chi connectivity index (χ0v) is 23.1. The van der Waals surface area contributed by atoms with Crippen molar-refractivity contribution in [2.75, 3.05) is 0 Å². The molecule has 0 saturated carbocycles. The molecule has 1 radical (unpaired) electrons. The predicted molar refractivity (Wildman–Crippen MR) is 151 cm³/mol. The maximum absolute atomic E-state index is 10.0. The molecular formula is C33H24IrNO3-. The molecule has 2 heterocycles. The fraction of sp³-hybridized carbons (Fsp3) is 0.0909.